The number of ketones is 1. The number of benzene rings is 3. The highest BCUT2D eigenvalue weighted by atomic mass is 32.1. The van der Waals surface area contributed by atoms with Gasteiger partial charge < -0.3 is 14.6 Å². The van der Waals surface area contributed by atoms with E-state index in [0.29, 0.717) is 34.4 Å². The topological polar surface area (TPSA) is 89.0 Å². The van der Waals surface area contributed by atoms with Gasteiger partial charge in [-0.15, -0.1) is 0 Å². The molecule has 1 atom stereocenters. The second kappa shape index (κ2) is 10.1. The van der Waals surface area contributed by atoms with E-state index >= 15 is 0 Å². The van der Waals surface area contributed by atoms with Crippen LogP contribution in [0.25, 0.3) is 16.0 Å². The van der Waals surface area contributed by atoms with Gasteiger partial charge in [-0.05, 0) is 61.4 Å². The second-order valence-corrected chi connectivity index (χ2v) is 9.53. The van der Waals surface area contributed by atoms with Crippen LogP contribution >= 0.6 is 11.3 Å². The normalized spacial score (nSPS) is 16.9. The quantitative estimate of drug-likeness (QED) is 0.188. The van der Waals surface area contributed by atoms with Crippen LogP contribution in [0.5, 0.6) is 11.5 Å². The van der Waals surface area contributed by atoms with Crippen LogP contribution in [0.3, 0.4) is 0 Å². The molecule has 8 heteroatoms. The van der Waals surface area contributed by atoms with Crippen LogP contribution in [-0.2, 0) is 16.0 Å². The summed E-state index contributed by atoms with van der Waals surface area (Å²) in [5, 5.41) is 11.8. The van der Waals surface area contributed by atoms with Crippen LogP contribution in [-0.4, -0.2) is 35.5 Å². The van der Waals surface area contributed by atoms with Gasteiger partial charge >= 0.3 is 5.91 Å². The van der Waals surface area contributed by atoms with Crippen molar-refractivity contribution in [2.75, 3.05) is 18.6 Å². The number of para-hydroxylation sites is 1. The number of rotatable bonds is 7. The predicted molar refractivity (Wildman–Crippen MR) is 144 cm³/mol. The molecule has 1 aliphatic rings. The van der Waals surface area contributed by atoms with E-state index in [1.165, 1.54) is 23.3 Å². The smallest absolute Gasteiger partial charge is 0.301 e. The summed E-state index contributed by atoms with van der Waals surface area (Å²) in [5.74, 6) is -0.670. The first kappa shape index (κ1) is 24.5. The Morgan fingerprint density at radius 2 is 1.81 bits per heavy atom. The zero-order valence-corrected chi connectivity index (χ0v) is 21.5. The molecule has 188 valence electrons. The molecular formula is C29H26N2O5S. The highest BCUT2D eigenvalue weighted by Crippen LogP contribution is 2.46. The molecule has 1 saturated heterocycles. The van der Waals surface area contributed by atoms with E-state index in [1.807, 2.05) is 31.2 Å². The van der Waals surface area contributed by atoms with Crippen molar-refractivity contribution < 1.29 is 24.2 Å². The Morgan fingerprint density at radius 1 is 1.05 bits per heavy atom. The van der Waals surface area contributed by atoms with Gasteiger partial charge in [-0.3, -0.25) is 14.5 Å². The van der Waals surface area contributed by atoms with Gasteiger partial charge in [-0.2, -0.15) is 0 Å². The number of amides is 1. The predicted octanol–water partition coefficient (Wildman–Crippen LogP) is 5.89. The molecule has 0 saturated carbocycles. The van der Waals surface area contributed by atoms with Gasteiger partial charge in [-0.25, -0.2) is 4.98 Å². The van der Waals surface area contributed by atoms with E-state index in [-0.39, 0.29) is 11.3 Å². The summed E-state index contributed by atoms with van der Waals surface area (Å²) in [6.45, 7) is 4.46. The minimum absolute atomic E-state index is 0.0211. The molecule has 0 bridgehead atoms. The monoisotopic (exact) mass is 514 g/mol. The first-order valence-corrected chi connectivity index (χ1v) is 12.8. The Bertz CT molecular complexity index is 1520. The van der Waals surface area contributed by atoms with Crippen molar-refractivity contribution >= 4 is 44.1 Å². The van der Waals surface area contributed by atoms with Gasteiger partial charge in [0.15, 0.2) is 5.13 Å². The number of carbonyl (C=O) groups excluding carboxylic acids is 2. The molecule has 1 fully saturated rings. The van der Waals surface area contributed by atoms with Gasteiger partial charge in [0.25, 0.3) is 5.78 Å². The second-order valence-electron chi connectivity index (χ2n) is 8.52. The molecule has 1 aliphatic heterocycles. The van der Waals surface area contributed by atoms with E-state index in [0.717, 1.165) is 22.2 Å². The molecule has 1 amide bonds. The van der Waals surface area contributed by atoms with Crippen LogP contribution < -0.4 is 14.4 Å². The van der Waals surface area contributed by atoms with Crippen molar-refractivity contribution in [1.29, 1.82) is 0 Å². The van der Waals surface area contributed by atoms with E-state index in [4.69, 9.17) is 14.5 Å². The van der Waals surface area contributed by atoms with Crippen LogP contribution in [0.1, 0.15) is 36.6 Å². The van der Waals surface area contributed by atoms with Crippen molar-refractivity contribution in [3.05, 3.63) is 89.0 Å². The number of fused-ring (bicyclic) bond motifs is 1. The molecule has 37 heavy (non-hydrogen) atoms. The number of aromatic nitrogens is 1. The lowest BCUT2D eigenvalue weighted by Crippen LogP contribution is -2.29. The molecular weight excluding hydrogens is 488 g/mol. The molecule has 5 rings (SSSR count). The molecule has 7 nitrogen and oxygen atoms in total. The van der Waals surface area contributed by atoms with Crippen molar-refractivity contribution in [1.82, 2.24) is 4.98 Å². The Kier molecular flexibility index (Phi) is 6.67. The summed E-state index contributed by atoms with van der Waals surface area (Å²) in [4.78, 5) is 33.1. The lowest BCUT2D eigenvalue weighted by atomic mass is 9.94. The average Bonchev–Trinajstić information content (AvgIpc) is 3.46. The minimum Gasteiger partial charge on any atom is -0.507 e. The molecule has 3 aromatic carbocycles. The number of aliphatic hydroxyl groups excluding tert-OH is 1. The number of hydrogen-bond donors (Lipinski definition) is 1. The summed E-state index contributed by atoms with van der Waals surface area (Å²) in [6.07, 6.45) is 0.872. The summed E-state index contributed by atoms with van der Waals surface area (Å²) in [6, 6.07) is 19.0. The highest BCUT2D eigenvalue weighted by molar-refractivity contribution is 7.22. The number of carbonyl (C=O) groups is 2. The van der Waals surface area contributed by atoms with Gasteiger partial charge in [0, 0.05) is 11.1 Å². The van der Waals surface area contributed by atoms with Crippen LogP contribution in [0.15, 0.2) is 72.3 Å². The first-order chi connectivity index (χ1) is 18.0. The van der Waals surface area contributed by atoms with E-state index < -0.39 is 17.7 Å². The molecule has 2 heterocycles. The third kappa shape index (κ3) is 4.34. The molecule has 1 aromatic heterocycles. The van der Waals surface area contributed by atoms with E-state index in [9.17, 15) is 14.7 Å². The maximum absolute atomic E-state index is 13.5. The number of aliphatic hydroxyl groups is 1. The van der Waals surface area contributed by atoms with Gasteiger partial charge in [0.2, 0.25) is 0 Å². The largest absolute Gasteiger partial charge is 0.507 e. The zero-order chi connectivity index (χ0) is 26.1. The number of anilines is 1. The third-order valence-electron chi connectivity index (χ3n) is 6.37. The molecule has 0 radical (unpaired) electrons. The van der Waals surface area contributed by atoms with Crippen LogP contribution in [0, 0.1) is 0 Å². The maximum Gasteiger partial charge on any atom is 0.301 e. The summed E-state index contributed by atoms with van der Waals surface area (Å²) >= 11 is 1.34. The number of hydrogen-bond acceptors (Lipinski definition) is 7. The third-order valence-corrected chi connectivity index (χ3v) is 7.39. The number of thiazole rings is 1. The summed E-state index contributed by atoms with van der Waals surface area (Å²) in [7, 11) is 1.53. The van der Waals surface area contributed by atoms with Crippen molar-refractivity contribution in [2.45, 2.75) is 26.3 Å². The van der Waals surface area contributed by atoms with Crippen LogP contribution in [0.4, 0.5) is 5.13 Å². The lowest BCUT2D eigenvalue weighted by molar-refractivity contribution is -0.132. The van der Waals surface area contributed by atoms with Crippen molar-refractivity contribution in [3.8, 4) is 11.5 Å². The molecule has 1 N–H and O–H groups in total. The molecule has 4 aromatic rings. The van der Waals surface area contributed by atoms with Crippen molar-refractivity contribution in [3.63, 3.8) is 0 Å². The molecule has 0 unspecified atom stereocenters. The Balaban J connectivity index is 1.70. The Labute approximate surface area is 218 Å². The average molecular weight is 515 g/mol. The first-order valence-electron chi connectivity index (χ1n) is 12.0. The SMILES string of the molecule is CCOc1ccc(C(O)=C2C(=O)C(=O)N(c3nc4ccc(CC)cc4s3)[C@H]2c2ccccc2OC)cc1. The molecule has 0 aliphatic carbocycles. The number of ether oxygens (including phenoxy) is 2. The molecule has 0 spiro atoms. The number of nitrogens with zero attached hydrogens (tertiary/aromatic N) is 2. The van der Waals surface area contributed by atoms with Crippen LogP contribution in [0.2, 0.25) is 0 Å². The van der Waals surface area contributed by atoms with Crippen molar-refractivity contribution in [2.24, 2.45) is 0 Å². The number of aryl methyl sites for hydroxylation is 1. The maximum atomic E-state index is 13.5. The highest BCUT2D eigenvalue weighted by Gasteiger charge is 2.49. The zero-order valence-electron chi connectivity index (χ0n) is 20.7. The van der Waals surface area contributed by atoms with Gasteiger partial charge in [0.1, 0.15) is 23.3 Å². The van der Waals surface area contributed by atoms with Gasteiger partial charge in [-0.1, -0.05) is 42.5 Å². The number of methoxy groups -OCH3 is 1. The van der Waals surface area contributed by atoms with E-state index in [2.05, 4.69) is 6.92 Å². The lowest BCUT2D eigenvalue weighted by Gasteiger charge is -2.24. The fourth-order valence-electron chi connectivity index (χ4n) is 4.53. The summed E-state index contributed by atoms with van der Waals surface area (Å²) < 4.78 is 12.0. The summed E-state index contributed by atoms with van der Waals surface area (Å²) in [5.41, 5.74) is 2.85. The fourth-order valence-corrected chi connectivity index (χ4v) is 5.58. The van der Waals surface area contributed by atoms with E-state index in [1.54, 1.807) is 42.5 Å². The standard InChI is InChI=1S/C29H26N2O5S/c1-4-17-10-15-21-23(16-17)37-29(30-21)31-25(20-8-6-7-9-22(20)35-3)24(27(33)28(31)34)26(32)18-11-13-19(14-12-18)36-5-2/h6-16,25,32H,4-5H2,1-3H3/t25-/m0/s1. The number of Topliss-reactive ketones (excluding diaryl/α,β-unsaturated/α-hetero) is 1. The Morgan fingerprint density at radius 3 is 2.51 bits per heavy atom. The Hall–Kier alpha value is -4.17. The fraction of sp³-hybridized carbons (Fsp3) is 0.207. The minimum atomic E-state index is -0.922. The van der Waals surface area contributed by atoms with Gasteiger partial charge in [0.05, 0.1) is 29.5 Å².